The molecule has 0 saturated heterocycles. The van der Waals surface area contributed by atoms with E-state index >= 15 is 0 Å². The number of nitrogens with zero attached hydrogens (tertiary/aromatic N) is 2. The van der Waals surface area contributed by atoms with Crippen molar-refractivity contribution >= 4 is 49.1 Å². The quantitative estimate of drug-likeness (QED) is 0.164. The van der Waals surface area contributed by atoms with E-state index in [0.717, 1.165) is 24.0 Å². The predicted octanol–water partition coefficient (Wildman–Crippen LogP) is 9.41. The third kappa shape index (κ3) is 3.86. The van der Waals surface area contributed by atoms with Gasteiger partial charge in [-0.1, -0.05) is 82.0 Å². The molecule has 3 aromatic carbocycles. The van der Waals surface area contributed by atoms with Gasteiger partial charge in [-0.05, 0) is 77.9 Å². The van der Waals surface area contributed by atoms with Crippen LogP contribution in [-0.4, -0.2) is 9.38 Å². The average Bonchev–Trinajstić information content (AvgIpc) is 3.26. The van der Waals surface area contributed by atoms with Crippen LogP contribution in [0.3, 0.4) is 0 Å². The topological polar surface area (TPSA) is 17.3 Å². The zero-order chi connectivity index (χ0) is 23.8. The fraction of sp³-hybridized carbons (Fsp3) is 0.303. The van der Waals surface area contributed by atoms with Gasteiger partial charge in [-0.2, -0.15) is 0 Å². The highest BCUT2D eigenvalue weighted by Crippen LogP contribution is 2.36. The van der Waals surface area contributed by atoms with Crippen LogP contribution in [0.4, 0.5) is 0 Å². The molecule has 0 atom stereocenters. The summed E-state index contributed by atoms with van der Waals surface area (Å²) < 4.78 is 2.47. The molecule has 2 nitrogen and oxygen atoms in total. The first-order valence-corrected chi connectivity index (χ1v) is 13.5. The summed E-state index contributed by atoms with van der Waals surface area (Å²) in [6.45, 7) is 4.59. The van der Waals surface area contributed by atoms with Gasteiger partial charge in [-0.3, -0.25) is 4.40 Å². The summed E-state index contributed by atoms with van der Waals surface area (Å²) in [6.07, 6.45) is 9.78. The first-order valence-electron chi connectivity index (χ1n) is 13.5. The number of hydrogen-bond donors (Lipinski definition) is 0. The van der Waals surface area contributed by atoms with Crippen molar-refractivity contribution in [3.8, 4) is 0 Å². The number of pyridine rings is 2. The number of fused-ring (bicyclic) bond motifs is 7. The van der Waals surface area contributed by atoms with Gasteiger partial charge in [0.15, 0.2) is 0 Å². The van der Waals surface area contributed by atoms with Gasteiger partial charge < -0.3 is 0 Å². The minimum absolute atomic E-state index is 1.07. The molecule has 0 saturated carbocycles. The number of aromatic nitrogens is 2. The summed E-state index contributed by atoms with van der Waals surface area (Å²) in [5.41, 5.74) is 7.87. The average molecular weight is 459 g/mol. The van der Waals surface area contributed by atoms with E-state index in [2.05, 4.69) is 91.0 Å². The highest BCUT2D eigenvalue weighted by Gasteiger charge is 2.19. The largest absolute Gasteiger partial charge is 0.294 e. The van der Waals surface area contributed by atoms with Crippen molar-refractivity contribution in [2.75, 3.05) is 0 Å². The number of unbranched alkanes of at least 4 members (excludes halogenated alkanes) is 4. The molecule has 35 heavy (non-hydrogen) atoms. The lowest BCUT2D eigenvalue weighted by Crippen LogP contribution is -2.04. The SMILES string of the molecule is CCCCCc1c(CCCCC)c2cc3cc4ccccc4cc3n2c2nc3ccccc3cc12. The Morgan fingerprint density at radius 1 is 0.600 bits per heavy atom. The van der Waals surface area contributed by atoms with Crippen LogP contribution >= 0.6 is 0 Å². The van der Waals surface area contributed by atoms with Crippen LogP contribution < -0.4 is 0 Å². The van der Waals surface area contributed by atoms with Crippen molar-refractivity contribution in [3.05, 3.63) is 83.9 Å². The Bertz CT molecular complexity index is 1670. The number of benzene rings is 3. The van der Waals surface area contributed by atoms with Gasteiger partial charge in [0.1, 0.15) is 5.65 Å². The smallest absolute Gasteiger partial charge is 0.145 e. The normalized spacial score (nSPS) is 12.1. The van der Waals surface area contributed by atoms with Gasteiger partial charge in [0, 0.05) is 16.2 Å². The lowest BCUT2D eigenvalue weighted by molar-refractivity contribution is 0.696. The summed E-state index contributed by atoms with van der Waals surface area (Å²) in [6, 6.07) is 26.9. The predicted molar refractivity (Wildman–Crippen MR) is 152 cm³/mol. The monoisotopic (exact) mass is 458 g/mol. The second-order valence-electron chi connectivity index (χ2n) is 10.0. The Kier molecular flexibility index (Phi) is 5.90. The standard InChI is InChI=1S/C33H34N2/c1-3-5-7-16-27-28(17-8-6-4-2)32-22-26-19-23-13-9-10-14-24(23)21-31(26)35(32)33-29(27)20-25-15-11-12-18-30(25)34-33/h9-15,18-22H,3-8,16-17H2,1-2H3. The van der Waals surface area contributed by atoms with E-state index in [1.54, 1.807) is 5.56 Å². The molecule has 2 heteroatoms. The molecule has 0 aliphatic carbocycles. The molecule has 0 fully saturated rings. The molecule has 176 valence electrons. The fourth-order valence-corrected chi connectivity index (χ4v) is 5.83. The maximum Gasteiger partial charge on any atom is 0.145 e. The van der Waals surface area contributed by atoms with Crippen LogP contribution in [0.2, 0.25) is 0 Å². The minimum atomic E-state index is 1.07. The van der Waals surface area contributed by atoms with Gasteiger partial charge in [0.05, 0.1) is 16.6 Å². The molecular formula is C33H34N2. The minimum Gasteiger partial charge on any atom is -0.294 e. The number of para-hydroxylation sites is 1. The maximum absolute atomic E-state index is 5.30. The summed E-state index contributed by atoms with van der Waals surface area (Å²) in [4.78, 5) is 5.30. The molecule has 0 aliphatic heterocycles. The third-order valence-corrected chi connectivity index (χ3v) is 7.64. The first kappa shape index (κ1) is 22.1. The van der Waals surface area contributed by atoms with Crippen molar-refractivity contribution in [1.82, 2.24) is 9.38 Å². The van der Waals surface area contributed by atoms with Crippen LogP contribution in [-0.2, 0) is 12.8 Å². The van der Waals surface area contributed by atoms with E-state index in [1.165, 1.54) is 82.1 Å². The summed E-state index contributed by atoms with van der Waals surface area (Å²) in [7, 11) is 0. The van der Waals surface area contributed by atoms with Gasteiger partial charge in [0.25, 0.3) is 0 Å². The molecule has 6 rings (SSSR count). The molecule has 0 radical (unpaired) electrons. The number of rotatable bonds is 8. The highest BCUT2D eigenvalue weighted by molar-refractivity contribution is 6.04. The lowest BCUT2D eigenvalue weighted by Gasteiger charge is -2.17. The number of hydrogen-bond acceptors (Lipinski definition) is 1. The van der Waals surface area contributed by atoms with Crippen molar-refractivity contribution < 1.29 is 0 Å². The molecule has 0 N–H and O–H groups in total. The van der Waals surface area contributed by atoms with E-state index in [1.807, 2.05) is 0 Å². The molecule has 0 spiro atoms. The Balaban J connectivity index is 1.75. The van der Waals surface area contributed by atoms with Crippen molar-refractivity contribution in [1.29, 1.82) is 0 Å². The van der Waals surface area contributed by atoms with Crippen LogP contribution in [0.25, 0.3) is 49.1 Å². The molecule has 6 aromatic rings. The summed E-state index contributed by atoms with van der Waals surface area (Å²) >= 11 is 0. The summed E-state index contributed by atoms with van der Waals surface area (Å²) in [5, 5.41) is 6.46. The van der Waals surface area contributed by atoms with E-state index in [-0.39, 0.29) is 0 Å². The van der Waals surface area contributed by atoms with Crippen LogP contribution in [0.5, 0.6) is 0 Å². The molecule has 0 aliphatic rings. The Hall–Kier alpha value is -3.39. The number of aryl methyl sites for hydroxylation is 2. The van der Waals surface area contributed by atoms with Crippen LogP contribution in [0.1, 0.15) is 63.5 Å². The molecule has 0 amide bonds. The van der Waals surface area contributed by atoms with E-state index in [0.29, 0.717) is 0 Å². The van der Waals surface area contributed by atoms with E-state index < -0.39 is 0 Å². The highest BCUT2D eigenvalue weighted by atomic mass is 15.0. The first-order chi connectivity index (χ1) is 17.3. The van der Waals surface area contributed by atoms with Crippen molar-refractivity contribution in [3.63, 3.8) is 0 Å². The van der Waals surface area contributed by atoms with Gasteiger partial charge in [-0.15, -0.1) is 0 Å². The second kappa shape index (κ2) is 9.34. The molecule has 3 heterocycles. The molecule has 0 bridgehead atoms. The fourth-order valence-electron chi connectivity index (χ4n) is 5.83. The van der Waals surface area contributed by atoms with Crippen molar-refractivity contribution in [2.45, 2.75) is 65.2 Å². The maximum atomic E-state index is 5.30. The van der Waals surface area contributed by atoms with Gasteiger partial charge in [-0.25, -0.2) is 4.98 Å². The molecule has 3 aromatic heterocycles. The third-order valence-electron chi connectivity index (χ3n) is 7.64. The molecule has 0 unspecified atom stereocenters. The lowest BCUT2D eigenvalue weighted by atomic mass is 9.93. The Morgan fingerprint density at radius 3 is 1.97 bits per heavy atom. The second-order valence-corrected chi connectivity index (χ2v) is 10.0. The van der Waals surface area contributed by atoms with Crippen LogP contribution in [0.15, 0.2) is 72.8 Å². The van der Waals surface area contributed by atoms with E-state index in [4.69, 9.17) is 4.98 Å². The molecular weight excluding hydrogens is 424 g/mol. The summed E-state index contributed by atoms with van der Waals surface area (Å²) in [5.74, 6) is 0. The van der Waals surface area contributed by atoms with Gasteiger partial charge >= 0.3 is 0 Å². The van der Waals surface area contributed by atoms with Crippen molar-refractivity contribution in [2.24, 2.45) is 0 Å². The van der Waals surface area contributed by atoms with E-state index in [9.17, 15) is 0 Å². The zero-order valence-corrected chi connectivity index (χ0v) is 21.0. The Labute approximate surface area is 207 Å². The van der Waals surface area contributed by atoms with Gasteiger partial charge in [0.2, 0.25) is 0 Å². The van der Waals surface area contributed by atoms with Crippen LogP contribution in [0, 0.1) is 0 Å². The zero-order valence-electron chi connectivity index (χ0n) is 21.0. The Morgan fingerprint density at radius 2 is 1.23 bits per heavy atom.